The molecule has 1 aromatic heterocycles. The Balaban J connectivity index is 2.00. The maximum atomic E-state index is 13.3. The minimum atomic E-state index is -0.560. The molecule has 1 aliphatic heterocycles. The van der Waals surface area contributed by atoms with Crippen LogP contribution in [0.15, 0.2) is 24.3 Å². The highest BCUT2D eigenvalue weighted by Gasteiger charge is 2.39. The number of fused-ring (bicyclic) bond motifs is 1. The van der Waals surface area contributed by atoms with Crippen molar-refractivity contribution in [3.63, 3.8) is 0 Å². The van der Waals surface area contributed by atoms with Crippen LogP contribution in [0.25, 0.3) is 10.9 Å². The molecule has 0 saturated carbocycles. The second-order valence-corrected chi connectivity index (χ2v) is 7.54. The van der Waals surface area contributed by atoms with Gasteiger partial charge in [-0.2, -0.15) is 0 Å². The van der Waals surface area contributed by atoms with Gasteiger partial charge < -0.3 is 16.0 Å². The van der Waals surface area contributed by atoms with E-state index in [1.54, 1.807) is 29.2 Å². The summed E-state index contributed by atoms with van der Waals surface area (Å²) in [4.78, 5) is 31.8. The number of likely N-dealkylation sites (tertiary alicyclic amines) is 1. The third-order valence-electron chi connectivity index (χ3n) is 4.46. The van der Waals surface area contributed by atoms with Crippen molar-refractivity contribution < 1.29 is 9.59 Å². The van der Waals surface area contributed by atoms with Crippen molar-refractivity contribution in [3.8, 4) is 0 Å². The Labute approximate surface area is 157 Å². The van der Waals surface area contributed by atoms with Gasteiger partial charge in [0.15, 0.2) is 0 Å². The van der Waals surface area contributed by atoms with Crippen molar-refractivity contribution in [2.24, 2.45) is 5.73 Å². The molecule has 2 heterocycles. The largest absolute Gasteiger partial charge is 0.352 e. The quantitative estimate of drug-likeness (QED) is 0.862. The van der Waals surface area contributed by atoms with Crippen molar-refractivity contribution in [3.05, 3.63) is 40.5 Å². The van der Waals surface area contributed by atoms with Gasteiger partial charge in [0.05, 0.1) is 11.1 Å². The number of carbonyl (C=O) groups is 2. The van der Waals surface area contributed by atoms with Gasteiger partial charge in [0.25, 0.3) is 5.91 Å². The number of rotatable bonds is 3. The lowest BCUT2D eigenvalue weighted by Gasteiger charge is -2.25. The molecule has 2 amide bonds. The zero-order chi connectivity index (χ0) is 19.0. The van der Waals surface area contributed by atoms with E-state index in [1.807, 2.05) is 20.8 Å². The first-order valence-electron chi connectivity index (χ1n) is 8.70. The predicted molar refractivity (Wildman–Crippen MR) is 102 cm³/mol. The van der Waals surface area contributed by atoms with E-state index in [0.717, 1.165) is 5.69 Å². The van der Waals surface area contributed by atoms with E-state index in [0.29, 0.717) is 34.5 Å². The number of hydrogen-bond acceptors (Lipinski definition) is 4. The van der Waals surface area contributed by atoms with Crippen LogP contribution in [-0.4, -0.2) is 46.4 Å². The van der Waals surface area contributed by atoms with Crippen molar-refractivity contribution >= 4 is 34.3 Å². The summed E-state index contributed by atoms with van der Waals surface area (Å²) < 4.78 is 0. The fraction of sp³-hybridized carbons (Fsp3) is 0.421. The molecule has 6 nitrogen and oxygen atoms in total. The molecule has 0 unspecified atom stereocenters. The maximum absolute atomic E-state index is 13.3. The summed E-state index contributed by atoms with van der Waals surface area (Å²) in [6, 6.07) is 6.23. The molecule has 0 radical (unpaired) electrons. The zero-order valence-corrected chi connectivity index (χ0v) is 15.9. The number of nitrogens with zero attached hydrogens (tertiary/aromatic N) is 2. The van der Waals surface area contributed by atoms with Crippen molar-refractivity contribution in [2.75, 3.05) is 6.54 Å². The number of pyridine rings is 1. The molecular weight excluding hydrogens is 352 g/mol. The van der Waals surface area contributed by atoms with Crippen LogP contribution in [0.4, 0.5) is 0 Å². The molecule has 1 aliphatic rings. The van der Waals surface area contributed by atoms with E-state index in [1.165, 1.54) is 0 Å². The molecule has 2 aromatic rings. The van der Waals surface area contributed by atoms with Crippen LogP contribution < -0.4 is 11.1 Å². The molecule has 138 valence electrons. The number of aryl methyl sites for hydroxylation is 1. The molecule has 2 atom stereocenters. The smallest absolute Gasteiger partial charge is 0.255 e. The van der Waals surface area contributed by atoms with Crippen LogP contribution in [0, 0.1) is 6.92 Å². The van der Waals surface area contributed by atoms with E-state index in [-0.39, 0.29) is 23.9 Å². The summed E-state index contributed by atoms with van der Waals surface area (Å²) in [6.07, 6.45) is 0.456. The van der Waals surface area contributed by atoms with Gasteiger partial charge in [0.1, 0.15) is 6.04 Å². The van der Waals surface area contributed by atoms with E-state index in [9.17, 15) is 9.59 Å². The Morgan fingerprint density at radius 2 is 2.08 bits per heavy atom. The number of benzene rings is 1. The van der Waals surface area contributed by atoms with Gasteiger partial charge in [-0.05, 0) is 45.4 Å². The van der Waals surface area contributed by atoms with Crippen molar-refractivity contribution in [2.45, 2.75) is 45.3 Å². The lowest BCUT2D eigenvalue weighted by atomic mass is 10.1. The van der Waals surface area contributed by atoms with Crippen LogP contribution in [0.1, 0.15) is 36.3 Å². The van der Waals surface area contributed by atoms with E-state index in [4.69, 9.17) is 17.3 Å². The Bertz CT molecular complexity index is 863. The van der Waals surface area contributed by atoms with Gasteiger partial charge in [-0.25, -0.2) is 0 Å². The van der Waals surface area contributed by atoms with Crippen molar-refractivity contribution in [1.82, 2.24) is 15.2 Å². The first-order valence-corrected chi connectivity index (χ1v) is 9.08. The summed E-state index contributed by atoms with van der Waals surface area (Å²) in [5.74, 6) is -0.376. The van der Waals surface area contributed by atoms with Crippen LogP contribution in [0.3, 0.4) is 0 Å². The van der Waals surface area contributed by atoms with Gasteiger partial charge in [-0.15, -0.1) is 0 Å². The van der Waals surface area contributed by atoms with Gasteiger partial charge in [0.2, 0.25) is 5.91 Å². The fourth-order valence-corrected chi connectivity index (χ4v) is 3.55. The molecule has 3 N–H and O–H groups in total. The summed E-state index contributed by atoms with van der Waals surface area (Å²) >= 11 is 6.06. The predicted octanol–water partition coefficient (Wildman–Crippen LogP) is 2.26. The highest BCUT2D eigenvalue weighted by atomic mass is 35.5. The molecular formula is C19H23ClN4O2. The van der Waals surface area contributed by atoms with Gasteiger partial charge in [0, 0.05) is 34.7 Å². The number of carbonyl (C=O) groups excluding carboxylic acids is 2. The van der Waals surface area contributed by atoms with Crippen LogP contribution in [0.2, 0.25) is 5.02 Å². The SMILES string of the molecule is Cc1cc(C(=O)N2C[C@H](N)C[C@H]2C(=O)NC(C)C)c2ccc(Cl)cc2n1. The molecule has 3 rings (SSSR count). The number of hydrogen-bond donors (Lipinski definition) is 2. The zero-order valence-electron chi connectivity index (χ0n) is 15.1. The van der Waals surface area contributed by atoms with E-state index < -0.39 is 6.04 Å². The first kappa shape index (κ1) is 18.6. The Morgan fingerprint density at radius 3 is 2.77 bits per heavy atom. The maximum Gasteiger partial charge on any atom is 0.255 e. The number of nitrogens with one attached hydrogen (secondary N) is 1. The molecule has 7 heteroatoms. The first-order chi connectivity index (χ1) is 12.3. The molecule has 0 aliphatic carbocycles. The topological polar surface area (TPSA) is 88.3 Å². The molecule has 1 aromatic carbocycles. The Hall–Kier alpha value is -2.18. The lowest BCUT2D eigenvalue weighted by Crippen LogP contribution is -2.47. The second-order valence-electron chi connectivity index (χ2n) is 7.11. The summed E-state index contributed by atoms with van der Waals surface area (Å²) in [7, 11) is 0. The third-order valence-corrected chi connectivity index (χ3v) is 4.69. The number of nitrogens with two attached hydrogens (primary N) is 1. The summed E-state index contributed by atoms with van der Waals surface area (Å²) in [5, 5.41) is 4.16. The van der Waals surface area contributed by atoms with Gasteiger partial charge in [-0.3, -0.25) is 14.6 Å². The Morgan fingerprint density at radius 1 is 1.35 bits per heavy atom. The summed E-state index contributed by atoms with van der Waals surface area (Å²) in [5.41, 5.74) is 7.95. The van der Waals surface area contributed by atoms with Crippen LogP contribution >= 0.6 is 11.6 Å². The van der Waals surface area contributed by atoms with Crippen LogP contribution in [0.5, 0.6) is 0 Å². The Kier molecular flexibility index (Phi) is 5.16. The van der Waals surface area contributed by atoms with E-state index >= 15 is 0 Å². The fourth-order valence-electron chi connectivity index (χ4n) is 3.39. The molecule has 0 spiro atoms. The lowest BCUT2D eigenvalue weighted by molar-refractivity contribution is -0.125. The summed E-state index contributed by atoms with van der Waals surface area (Å²) in [6.45, 7) is 5.96. The van der Waals surface area contributed by atoms with Gasteiger partial charge in [-0.1, -0.05) is 17.7 Å². The average Bonchev–Trinajstić information content (AvgIpc) is 2.94. The normalized spacial score (nSPS) is 20.0. The van der Waals surface area contributed by atoms with Gasteiger partial charge >= 0.3 is 0 Å². The molecule has 0 bridgehead atoms. The minimum absolute atomic E-state index is 0.00224. The van der Waals surface area contributed by atoms with Crippen molar-refractivity contribution in [1.29, 1.82) is 0 Å². The third kappa shape index (κ3) is 3.66. The van der Waals surface area contributed by atoms with E-state index in [2.05, 4.69) is 10.3 Å². The minimum Gasteiger partial charge on any atom is -0.352 e. The number of halogens is 1. The molecule has 1 saturated heterocycles. The number of amides is 2. The monoisotopic (exact) mass is 374 g/mol. The standard InChI is InChI=1S/C19H23ClN4O2/c1-10(2)22-18(25)17-8-13(21)9-24(17)19(26)15-6-11(3)23-16-7-12(20)4-5-14(15)16/h4-7,10,13,17H,8-9,21H2,1-3H3,(H,22,25)/t13-,17+/m1/s1. The highest BCUT2D eigenvalue weighted by Crippen LogP contribution is 2.26. The average molecular weight is 375 g/mol. The highest BCUT2D eigenvalue weighted by molar-refractivity contribution is 6.31. The molecule has 1 fully saturated rings. The number of aromatic nitrogens is 1. The van der Waals surface area contributed by atoms with Crippen LogP contribution in [-0.2, 0) is 4.79 Å². The molecule has 26 heavy (non-hydrogen) atoms. The second kappa shape index (κ2) is 7.21.